The van der Waals surface area contributed by atoms with E-state index in [0.29, 0.717) is 6.04 Å². The Morgan fingerprint density at radius 2 is 2.17 bits per heavy atom. The Morgan fingerprint density at radius 3 is 2.72 bits per heavy atom. The summed E-state index contributed by atoms with van der Waals surface area (Å²) >= 11 is 0. The first kappa shape index (κ1) is 13.3. The van der Waals surface area contributed by atoms with Crippen molar-refractivity contribution in [1.82, 2.24) is 10.3 Å². The van der Waals surface area contributed by atoms with Crippen molar-refractivity contribution in [2.75, 3.05) is 7.05 Å². The van der Waals surface area contributed by atoms with E-state index < -0.39 is 0 Å². The zero-order valence-corrected chi connectivity index (χ0v) is 11.6. The van der Waals surface area contributed by atoms with Gasteiger partial charge in [0.1, 0.15) is 5.75 Å². The number of hydrogen-bond donors (Lipinski definition) is 1. The first-order chi connectivity index (χ1) is 8.69. The van der Waals surface area contributed by atoms with Crippen LogP contribution in [0.25, 0.3) is 0 Å². The average Bonchev–Trinajstić information content (AvgIpc) is 2.27. The number of ether oxygens (including phenoxy) is 1. The maximum atomic E-state index is 5.70. The summed E-state index contributed by atoms with van der Waals surface area (Å²) in [5.74, 6) is 1.76. The highest BCUT2D eigenvalue weighted by Crippen LogP contribution is 2.35. The van der Waals surface area contributed by atoms with Gasteiger partial charge < -0.3 is 10.1 Å². The molecule has 1 aromatic rings. The molecular weight excluding hydrogens is 224 g/mol. The minimum atomic E-state index is 0.196. The third-order valence-corrected chi connectivity index (χ3v) is 3.65. The molecule has 1 aromatic heterocycles. The highest BCUT2D eigenvalue weighted by molar-refractivity contribution is 5.26. The van der Waals surface area contributed by atoms with E-state index in [2.05, 4.69) is 16.4 Å². The van der Waals surface area contributed by atoms with E-state index in [1.165, 1.54) is 31.2 Å². The summed E-state index contributed by atoms with van der Waals surface area (Å²) < 4.78 is 5.70. The molecule has 1 aliphatic rings. The molecule has 0 amide bonds. The second-order valence-corrected chi connectivity index (χ2v) is 5.49. The van der Waals surface area contributed by atoms with Gasteiger partial charge >= 0.3 is 0 Å². The standard InChI is InChI=1S/C15H24N2O/c1-11(2)18-14-8-13(9-17-10-14)15(16-3)7-12-5-4-6-12/h8-12,15-16H,4-7H2,1-3H3. The minimum Gasteiger partial charge on any atom is -0.489 e. The smallest absolute Gasteiger partial charge is 0.138 e. The number of aromatic nitrogens is 1. The van der Waals surface area contributed by atoms with E-state index in [-0.39, 0.29) is 6.10 Å². The number of hydrogen-bond acceptors (Lipinski definition) is 3. The quantitative estimate of drug-likeness (QED) is 0.838. The predicted octanol–water partition coefficient (Wildman–Crippen LogP) is 3.32. The Hall–Kier alpha value is -1.09. The molecule has 0 radical (unpaired) electrons. The van der Waals surface area contributed by atoms with Gasteiger partial charge in [-0.05, 0) is 44.9 Å². The Labute approximate surface area is 110 Å². The fraction of sp³-hybridized carbons (Fsp3) is 0.667. The second-order valence-electron chi connectivity index (χ2n) is 5.49. The van der Waals surface area contributed by atoms with Crippen LogP contribution < -0.4 is 10.1 Å². The molecule has 3 nitrogen and oxygen atoms in total. The van der Waals surface area contributed by atoms with Gasteiger partial charge in [-0.2, -0.15) is 0 Å². The van der Waals surface area contributed by atoms with Crippen molar-refractivity contribution in [3.8, 4) is 5.75 Å². The van der Waals surface area contributed by atoms with Crippen molar-refractivity contribution in [1.29, 1.82) is 0 Å². The maximum Gasteiger partial charge on any atom is 0.138 e. The van der Waals surface area contributed by atoms with Gasteiger partial charge in [0.15, 0.2) is 0 Å². The van der Waals surface area contributed by atoms with Gasteiger partial charge in [-0.3, -0.25) is 4.98 Å². The molecular formula is C15H24N2O. The van der Waals surface area contributed by atoms with Crippen LogP contribution in [0.2, 0.25) is 0 Å². The van der Waals surface area contributed by atoms with Crippen LogP contribution in [0.1, 0.15) is 51.1 Å². The third-order valence-electron chi connectivity index (χ3n) is 3.65. The summed E-state index contributed by atoms with van der Waals surface area (Å²) in [6, 6.07) is 2.52. The molecule has 1 fully saturated rings. The summed E-state index contributed by atoms with van der Waals surface area (Å²) in [6.45, 7) is 4.08. The van der Waals surface area contributed by atoms with Gasteiger partial charge in [0, 0.05) is 12.2 Å². The van der Waals surface area contributed by atoms with Crippen LogP contribution in [0.5, 0.6) is 5.75 Å². The number of nitrogens with zero attached hydrogens (tertiary/aromatic N) is 1. The predicted molar refractivity (Wildman–Crippen MR) is 73.8 cm³/mol. The van der Waals surface area contributed by atoms with E-state index in [4.69, 9.17) is 4.74 Å². The molecule has 3 heteroatoms. The molecule has 1 unspecified atom stereocenters. The molecule has 0 bridgehead atoms. The fourth-order valence-electron chi connectivity index (χ4n) is 2.45. The summed E-state index contributed by atoms with van der Waals surface area (Å²) in [7, 11) is 2.03. The zero-order chi connectivity index (χ0) is 13.0. The summed E-state index contributed by atoms with van der Waals surface area (Å²) in [5.41, 5.74) is 1.24. The Morgan fingerprint density at radius 1 is 1.39 bits per heavy atom. The van der Waals surface area contributed by atoms with Crippen molar-refractivity contribution in [3.63, 3.8) is 0 Å². The van der Waals surface area contributed by atoms with Crippen molar-refractivity contribution < 1.29 is 4.74 Å². The molecule has 2 rings (SSSR count). The van der Waals surface area contributed by atoms with Crippen LogP contribution >= 0.6 is 0 Å². The van der Waals surface area contributed by atoms with Crippen LogP contribution in [0.15, 0.2) is 18.5 Å². The van der Waals surface area contributed by atoms with E-state index in [9.17, 15) is 0 Å². The Kier molecular flexibility index (Phi) is 4.59. The molecule has 18 heavy (non-hydrogen) atoms. The van der Waals surface area contributed by atoms with Crippen molar-refractivity contribution in [2.24, 2.45) is 5.92 Å². The molecule has 100 valence electrons. The van der Waals surface area contributed by atoms with Crippen LogP contribution in [0.4, 0.5) is 0 Å². The van der Waals surface area contributed by atoms with Gasteiger partial charge in [0.05, 0.1) is 12.3 Å². The Balaban J connectivity index is 2.04. The second kappa shape index (κ2) is 6.19. The first-order valence-corrected chi connectivity index (χ1v) is 6.98. The van der Waals surface area contributed by atoms with Crippen LogP contribution in [0, 0.1) is 5.92 Å². The van der Waals surface area contributed by atoms with Gasteiger partial charge in [0.2, 0.25) is 0 Å². The van der Waals surface area contributed by atoms with Crippen LogP contribution in [0.3, 0.4) is 0 Å². The van der Waals surface area contributed by atoms with Gasteiger partial charge in [-0.15, -0.1) is 0 Å². The van der Waals surface area contributed by atoms with Crippen molar-refractivity contribution in [3.05, 3.63) is 24.0 Å². The fourth-order valence-corrected chi connectivity index (χ4v) is 2.45. The number of nitrogens with one attached hydrogen (secondary N) is 1. The third kappa shape index (κ3) is 3.45. The molecule has 1 saturated carbocycles. The van der Waals surface area contributed by atoms with E-state index in [1.807, 2.05) is 27.1 Å². The SMILES string of the molecule is CNC(CC1CCC1)c1cncc(OC(C)C)c1. The monoisotopic (exact) mass is 248 g/mol. The van der Waals surface area contributed by atoms with Crippen LogP contribution in [-0.4, -0.2) is 18.1 Å². The molecule has 0 aliphatic heterocycles. The molecule has 0 saturated heterocycles. The molecule has 1 N–H and O–H groups in total. The van der Waals surface area contributed by atoms with Crippen LogP contribution in [-0.2, 0) is 0 Å². The van der Waals surface area contributed by atoms with Crippen molar-refractivity contribution >= 4 is 0 Å². The summed E-state index contributed by atoms with van der Waals surface area (Å²) in [4.78, 5) is 4.29. The highest BCUT2D eigenvalue weighted by atomic mass is 16.5. The zero-order valence-electron chi connectivity index (χ0n) is 11.6. The largest absolute Gasteiger partial charge is 0.489 e. The maximum absolute atomic E-state index is 5.70. The van der Waals surface area contributed by atoms with Gasteiger partial charge in [-0.1, -0.05) is 19.3 Å². The van der Waals surface area contributed by atoms with E-state index in [0.717, 1.165) is 11.7 Å². The molecule has 1 aliphatic carbocycles. The van der Waals surface area contributed by atoms with E-state index in [1.54, 1.807) is 6.20 Å². The molecule has 1 heterocycles. The number of rotatable bonds is 6. The first-order valence-electron chi connectivity index (χ1n) is 6.98. The van der Waals surface area contributed by atoms with E-state index >= 15 is 0 Å². The lowest BCUT2D eigenvalue weighted by molar-refractivity contribution is 0.240. The lowest BCUT2D eigenvalue weighted by atomic mass is 9.80. The van der Waals surface area contributed by atoms with Gasteiger partial charge in [-0.25, -0.2) is 0 Å². The lowest BCUT2D eigenvalue weighted by Gasteiger charge is -2.29. The molecule has 1 atom stereocenters. The van der Waals surface area contributed by atoms with Gasteiger partial charge in [0.25, 0.3) is 0 Å². The average molecular weight is 248 g/mol. The molecule has 0 aromatic carbocycles. The topological polar surface area (TPSA) is 34.2 Å². The highest BCUT2D eigenvalue weighted by Gasteiger charge is 2.22. The minimum absolute atomic E-state index is 0.196. The normalized spacial score (nSPS) is 17.6. The summed E-state index contributed by atoms with van der Waals surface area (Å²) in [5, 5.41) is 3.40. The Bertz CT molecular complexity index is 375. The number of pyridine rings is 1. The van der Waals surface area contributed by atoms with Crippen molar-refractivity contribution in [2.45, 2.75) is 51.7 Å². The summed E-state index contributed by atoms with van der Waals surface area (Å²) in [6.07, 6.45) is 9.31. The molecule has 0 spiro atoms. The lowest BCUT2D eigenvalue weighted by Crippen LogP contribution is -2.23.